The van der Waals surface area contributed by atoms with Gasteiger partial charge in [0.05, 0.1) is 6.61 Å². The molecule has 0 saturated carbocycles. The third kappa shape index (κ3) is 4.26. The lowest BCUT2D eigenvalue weighted by molar-refractivity contribution is -0.121. The summed E-state index contributed by atoms with van der Waals surface area (Å²) in [5.74, 6) is 0.999. The van der Waals surface area contributed by atoms with Gasteiger partial charge in [0.2, 0.25) is 11.8 Å². The average molecular weight is 238 g/mol. The number of nitrogens with zero attached hydrogens (tertiary/aromatic N) is 2. The molecule has 0 radical (unpaired) electrons. The lowest BCUT2D eigenvalue weighted by Gasteiger charge is -2.14. The maximum atomic E-state index is 11.5. The molecule has 1 unspecified atom stereocenters. The molecule has 94 valence electrons. The van der Waals surface area contributed by atoms with E-state index in [1.165, 1.54) is 6.33 Å². The van der Waals surface area contributed by atoms with Crippen molar-refractivity contribution in [2.24, 2.45) is 0 Å². The van der Waals surface area contributed by atoms with Gasteiger partial charge in [-0.05, 0) is 20.8 Å². The molecule has 0 aliphatic carbocycles. The summed E-state index contributed by atoms with van der Waals surface area (Å²) >= 11 is 0. The van der Waals surface area contributed by atoms with E-state index < -0.39 is 0 Å². The molecule has 1 rings (SSSR count). The van der Waals surface area contributed by atoms with Crippen molar-refractivity contribution < 1.29 is 9.53 Å². The highest BCUT2D eigenvalue weighted by Crippen LogP contribution is 2.11. The summed E-state index contributed by atoms with van der Waals surface area (Å²) in [6.07, 6.45) is 1.40. The van der Waals surface area contributed by atoms with Crippen LogP contribution in [0.3, 0.4) is 0 Å². The van der Waals surface area contributed by atoms with Crippen molar-refractivity contribution in [1.29, 1.82) is 0 Å². The van der Waals surface area contributed by atoms with Gasteiger partial charge in [-0.25, -0.2) is 9.97 Å². The summed E-state index contributed by atoms with van der Waals surface area (Å²) in [7, 11) is 0. The minimum atomic E-state index is -0.348. The van der Waals surface area contributed by atoms with Gasteiger partial charge >= 0.3 is 0 Å². The first-order valence-electron chi connectivity index (χ1n) is 5.66. The second-order valence-corrected chi connectivity index (χ2v) is 3.44. The van der Waals surface area contributed by atoms with Crippen LogP contribution in [0.25, 0.3) is 0 Å². The second kappa shape index (κ2) is 6.67. The van der Waals surface area contributed by atoms with Crippen molar-refractivity contribution in [2.45, 2.75) is 26.8 Å². The zero-order chi connectivity index (χ0) is 12.7. The van der Waals surface area contributed by atoms with Crippen LogP contribution in [-0.4, -0.2) is 35.1 Å². The molecule has 0 spiro atoms. The van der Waals surface area contributed by atoms with Gasteiger partial charge < -0.3 is 15.4 Å². The number of nitrogens with one attached hydrogen (secondary N) is 2. The quantitative estimate of drug-likeness (QED) is 0.767. The van der Waals surface area contributed by atoms with E-state index in [0.717, 1.165) is 0 Å². The largest absolute Gasteiger partial charge is 0.478 e. The Morgan fingerprint density at radius 3 is 2.88 bits per heavy atom. The minimum Gasteiger partial charge on any atom is -0.478 e. The fourth-order valence-electron chi connectivity index (χ4n) is 1.26. The predicted molar refractivity (Wildman–Crippen MR) is 65.0 cm³/mol. The van der Waals surface area contributed by atoms with E-state index in [4.69, 9.17) is 4.74 Å². The van der Waals surface area contributed by atoms with E-state index in [-0.39, 0.29) is 11.9 Å². The number of likely N-dealkylation sites (N-methyl/N-ethyl adjacent to an activating group) is 1. The van der Waals surface area contributed by atoms with E-state index in [0.29, 0.717) is 24.8 Å². The smallest absolute Gasteiger partial charge is 0.242 e. The highest BCUT2D eigenvalue weighted by Gasteiger charge is 2.12. The Bertz CT molecular complexity index is 370. The van der Waals surface area contributed by atoms with Crippen LogP contribution in [0.15, 0.2) is 12.4 Å². The molecule has 1 heterocycles. The lowest BCUT2D eigenvalue weighted by Crippen LogP contribution is -2.37. The third-order valence-electron chi connectivity index (χ3n) is 2.04. The topological polar surface area (TPSA) is 76.1 Å². The van der Waals surface area contributed by atoms with Gasteiger partial charge in [0.15, 0.2) is 0 Å². The summed E-state index contributed by atoms with van der Waals surface area (Å²) in [6, 6.07) is 1.32. The summed E-state index contributed by atoms with van der Waals surface area (Å²) in [4.78, 5) is 19.5. The Hall–Kier alpha value is -1.85. The molecule has 0 aliphatic heterocycles. The Labute approximate surface area is 101 Å². The molecule has 0 bridgehead atoms. The molecule has 6 nitrogen and oxygen atoms in total. The van der Waals surface area contributed by atoms with Crippen LogP contribution < -0.4 is 15.4 Å². The van der Waals surface area contributed by atoms with Crippen molar-refractivity contribution >= 4 is 11.7 Å². The Kier molecular flexibility index (Phi) is 5.19. The maximum Gasteiger partial charge on any atom is 0.242 e. The molecule has 0 fully saturated rings. The second-order valence-electron chi connectivity index (χ2n) is 3.44. The highest BCUT2D eigenvalue weighted by molar-refractivity contribution is 5.83. The fraction of sp³-hybridized carbons (Fsp3) is 0.545. The highest BCUT2D eigenvalue weighted by atomic mass is 16.5. The monoisotopic (exact) mass is 238 g/mol. The van der Waals surface area contributed by atoms with Crippen LogP contribution in [0, 0.1) is 0 Å². The van der Waals surface area contributed by atoms with E-state index >= 15 is 0 Å². The van der Waals surface area contributed by atoms with Crippen molar-refractivity contribution in [3.63, 3.8) is 0 Å². The number of ether oxygens (including phenoxy) is 1. The van der Waals surface area contributed by atoms with E-state index in [2.05, 4.69) is 20.6 Å². The number of carbonyl (C=O) groups is 1. The zero-order valence-corrected chi connectivity index (χ0v) is 10.4. The SMILES string of the molecule is CCNC(=O)C(C)Nc1cc(OCC)ncn1. The fourth-order valence-corrected chi connectivity index (χ4v) is 1.26. The number of amides is 1. The molecule has 1 aromatic heterocycles. The molecule has 0 aromatic carbocycles. The number of hydrogen-bond donors (Lipinski definition) is 2. The van der Waals surface area contributed by atoms with E-state index in [9.17, 15) is 4.79 Å². The molecular weight excluding hydrogens is 220 g/mol. The Morgan fingerprint density at radius 1 is 1.47 bits per heavy atom. The molecule has 2 N–H and O–H groups in total. The van der Waals surface area contributed by atoms with Gasteiger partial charge in [-0.2, -0.15) is 0 Å². The van der Waals surface area contributed by atoms with Crippen LogP contribution >= 0.6 is 0 Å². The summed E-state index contributed by atoms with van der Waals surface area (Å²) in [6.45, 7) is 6.68. The van der Waals surface area contributed by atoms with Crippen LogP contribution in [0.5, 0.6) is 5.88 Å². The number of aromatic nitrogens is 2. The van der Waals surface area contributed by atoms with Crippen LogP contribution in [-0.2, 0) is 4.79 Å². The first kappa shape index (κ1) is 13.2. The maximum absolute atomic E-state index is 11.5. The first-order chi connectivity index (χ1) is 8.17. The molecule has 1 atom stereocenters. The third-order valence-corrected chi connectivity index (χ3v) is 2.04. The zero-order valence-electron chi connectivity index (χ0n) is 10.4. The van der Waals surface area contributed by atoms with Gasteiger partial charge in [0, 0.05) is 12.6 Å². The molecule has 1 amide bonds. The van der Waals surface area contributed by atoms with Crippen molar-refractivity contribution in [3.8, 4) is 5.88 Å². The minimum absolute atomic E-state index is 0.0657. The molecule has 0 saturated heterocycles. The molecule has 17 heavy (non-hydrogen) atoms. The Balaban J connectivity index is 2.61. The van der Waals surface area contributed by atoms with Crippen LogP contribution in [0.1, 0.15) is 20.8 Å². The number of hydrogen-bond acceptors (Lipinski definition) is 5. The number of carbonyl (C=O) groups excluding carboxylic acids is 1. The molecule has 6 heteroatoms. The van der Waals surface area contributed by atoms with Gasteiger partial charge in [-0.3, -0.25) is 4.79 Å². The normalized spacial score (nSPS) is 11.7. The molecule has 0 aliphatic rings. The van der Waals surface area contributed by atoms with E-state index in [1.807, 2.05) is 13.8 Å². The van der Waals surface area contributed by atoms with Gasteiger partial charge in [0.25, 0.3) is 0 Å². The molecular formula is C11H18N4O2. The lowest BCUT2D eigenvalue weighted by atomic mass is 10.3. The van der Waals surface area contributed by atoms with Crippen molar-refractivity contribution in [1.82, 2.24) is 15.3 Å². The summed E-state index contributed by atoms with van der Waals surface area (Å²) < 4.78 is 5.24. The summed E-state index contributed by atoms with van der Waals surface area (Å²) in [5, 5.41) is 5.71. The summed E-state index contributed by atoms with van der Waals surface area (Å²) in [5.41, 5.74) is 0. The van der Waals surface area contributed by atoms with Gasteiger partial charge in [-0.15, -0.1) is 0 Å². The molecule has 1 aromatic rings. The van der Waals surface area contributed by atoms with Crippen molar-refractivity contribution in [2.75, 3.05) is 18.5 Å². The van der Waals surface area contributed by atoms with Gasteiger partial charge in [-0.1, -0.05) is 0 Å². The predicted octanol–water partition coefficient (Wildman–Crippen LogP) is 0.812. The number of anilines is 1. The first-order valence-corrected chi connectivity index (χ1v) is 5.66. The standard InChI is InChI=1S/C11H18N4O2/c1-4-12-11(16)8(3)15-9-6-10(17-5-2)14-7-13-9/h6-8H,4-5H2,1-3H3,(H,12,16)(H,13,14,15). The number of rotatable bonds is 6. The van der Waals surface area contributed by atoms with Crippen LogP contribution in [0.2, 0.25) is 0 Å². The van der Waals surface area contributed by atoms with Crippen LogP contribution in [0.4, 0.5) is 5.82 Å². The average Bonchev–Trinajstić information content (AvgIpc) is 2.30. The van der Waals surface area contributed by atoms with E-state index in [1.54, 1.807) is 13.0 Å². The van der Waals surface area contributed by atoms with Gasteiger partial charge in [0.1, 0.15) is 18.2 Å². The Morgan fingerprint density at radius 2 is 2.24 bits per heavy atom. The van der Waals surface area contributed by atoms with Crippen molar-refractivity contribution in [3.05, 3.63) is 12.4 Å².